The van der Waals surface area contributed by atoms with E-state index in [4.69, 9.17) is 5.26 Å². The molecule has 0 aliphatic carbocycles. The van der Waals surface area contributed by atoms with E-state index >= 15 is 0 Å². The fourth-order valence-corrected chi connectivity index (χ4v) is 1.75. The third-order valence-electron chi connectivity index (χ3n) is 2.14. The van der Waals surface area contributed by atoms with Crippen molar-refractivity contribution in [2.75, 3.05) is 4.90 Å². The molecule has 0 unspecified atom stereocenters. The first kappa shape index (κ1) is 11.3. The van der Waals surface area contributed by atoms with Crippen LogP contribution >= 0.6 is 15.9 Å². The highest BCUT2D eigenvalue weighted by atomic mass is 79.9. The van der Waals surface area contributed by atoms with Gasteiger partial charge in [-0.15, -0.1) is 0 Å². The Balaban J connectivity index is 2.58. The monoisotopic (exact) mass is 293 g/mol. The van der Waals surface area contributed by atoms with Crippen LogP contribution in [-0.2, 0) is 9.59 Å². The van der Waals surface area contributed by atoms with Gasteiger partial charge in [0.05, 0.1) is 11.3 Å². The van der Waals surface area contributed by atoms with Crippen molar-refractivity contribution >= 4 is 39.5 Å². The van der Waals surface area contributed by atoms with Gasteiger partial charge < -0.3 is 0 Å². The third kappa shape index (κ3) is 1.79. The highest BCUT2D eigenvalue weighted by Gasteiger charge is 2.39. The molecule has 2 rings (SSSR count). The first-order valence-electron chi connectivity index (χ1n) is 4.43. The molecule has 4 amide bonds. The average Bonchev–Trinajstić information content (AvgIpc) is 2.53. The minimum absolute atomic E-state index is 0.0789. The number of carbonyl (C=O) groups excluding carboxylic acids is 3. The molecule has 0 atom stereocenters. The number of amides is 4. The van der Waals surface area contributed by atoms with Crippen molar-refractivity contribution < 1.29 is 14.4 Å². The van der Waals surface area contributed by atoms with E-state index < -0.39 is 17.8 Å². The van der Waals surface area contributed by atoms with Gasteiger partial charge in [0.15, 0.2) is 0 Å². The van der Waals surface area contributed by atoms with Crippen LogP contribution in [0.15, 0.2) is 22.7 Å². The molecule has 0 spiro atoms. The van der Waals surface area contributed by atoms with Crippen molar-refractivity contribution in [1.82, 2.24) is 5.32 Å². The fraction of sp³-hybridized carbons (Fsp3) is 0. The molecule has 0 radical (unpaired) electrons. The van der Waals surface area contributed by atoms with E-state index in [1.807, 2.05) is 11.4 Å². The van der Waals surface area contributed by atoms with Gasteiger partial charge in [0.1, 0.15) is 6.07 Å². The summed E-state index contributed by atoms with van der Waals surface area (Å²) in [5, 5.41) is 10.7. The Hall–Kier alpha value is -2.20. The molecule has 1 aromatic rings. The second-order valence-electron chi connectivity index (χ2n) is 3.17. The molecular weight excluding hydrogens is 290 g/mol. The molecule has 1 aliphatic heterocycles. The maximum absolute atomic E-state index is 11.5. The smallest absolute Gasteiger partial charge is 0.269 e. The summed E-state index contributed by atoms with van der Waals surface area (Å²) in [5.41, 5.74) is 0.210. The van der Waals surface area contributed by atoms with E-state index in [9.17, 15) is 14.4 Å². The molecule has 1 N–H and O–H groups in total. The zero-order valence-corrected chi connectivity index (χ0v) is 9.82. The Bertz CT molecular complexity index is 591. The van der Waals surface area contributed by atoms with Crippen LogP contribution < -0.4 is 10.2 Å². The van der Waals surface area contributed by atoms with Crippen LogP contribution in [0.4, 0.5) is 10.5 Å². The van der Waals surface area contributed by atoms with Gasteiger partial charge in [-0.05, 0) is 18.2 Å². The summed E-state index contributed by atoms with van der Waals surface area (Å²) in [6.07, 6.45) is 0. The van der Waals surface area contributed by atoms with Gasteiger partial charge in [-0.1, -0.05) is 15.9 Å². The fourth-order valence-electron chi connectivity index (χ4n) is 1.40. The molecule has 1 aromatic carbocycles. The molecule has 17 heavy (non-hydrogen) atoms. The highest BCUT2D eigenvalue weighted by molar-refractivity contribution is 9.10. The van der Waals surface area contributed by atoms with Crippen LogP contribution in [0.1, 0.15) is 5.56 Å². The van der Waals surface area contributed by atoms with Crippen LogP contribution in [-0.4, -0.2) is 17.8 Å². The van der Waals surface area contributed by atoms with Crippen LogP contribution in [0, 0.1) is 11.3 Å². The van der Waals surface area contributed by atoms with E-state index in [-0.39, 0.29) is 11.3 Å². The molecule has 0 saturated carbocycles. The van der Waals surface area contributed by atoms with Crippen LogP contribution in [0.3, 0.4) is 0 Å². The highest BCUT2D eigenvalue weighted by Crippen LogP contribution is 2.26. The predicted octanol–water partition coefficient (Wildman–Crippen LogP) is 0.904. The van der Waals surface area contributed by atoms with Crippen LogP contribution in [0.5, 0.6) is 0 Å². The maximum Gasteiger partial charge on any atom is 0.336 e. The van der Waals surface area contributed by atoms with E-state index in [2.05, 4.69) is 15.9 Å². The van der Waals surface area contributed by atoms with Crippen molar-refractivity contribution in [3.05, 3.63) is 28.2 Å². The summed E-state index contributed by atoms with van der Waals surface area (Å²) in [5.74, 6) is -2.00. The number of nitriles is 1. The largest absolute Gasteiger partial charge is 0.336 e. The Morgan fingerprint density at radius 2 is 2.00 bits per heavy atom. The zero-order valence-electron chi connectivity index (χ0n) is 8.23. The summed E-state index contributed by atoms with van der Waals surface area (Å²) in [4.78, 5) is 34.6. The molecule has 1 fully saturated rings. The Kier molecular flexibility index (Phi) is 2.65. The van der Waals surface area contributed by atoms with Crippen molar-refractivity contribution in [2.24, 2.45) is 0 Å². The maximum atomic E-state index is 11.5. The number of halogens is 1. The van der Waals surface area contributed by atoms with E-state index in [1.165, 1.54) is 12.1 Å². The summed E-state index contributed by atoms with van der Waals surface area (Å²) in [7, 11) is 0. The van der Waals surface area contributed by atoms with Gasteiger partial charge in [0.25, 0.3) is 0 Å². The van der Waals surface area contributed by atoms with Gasteiger partial charge in [-0.3, -0.25) is 14.9 Å². The minimum atomic E-state index is -1.00. The number of benzene rings is 1. The summed E-state index contributed by atoms with van der Waals surface area (Å²) < 4.78 is 0.589. The van der Waals surface area contributed by atoms with E-state index in [0.717, 1.165) is 0 Å². The number of urea groups is 1. The number of nitrogens with one attached hydrogen (secondary N) is 1. The lowest BCUT2D eigenvalue weighted by atomic mass is 10.2. The first-order chi connectivity index (χ1) is 8.04. The lowest BCUT2D eigenvalue weighted by Crippen LogP contribution is -2.31. The number of anilines is 1. The molecule has 6 nitrogen and oxygen atoms in total. The Morgan fingerprint density at radius 3 is 2.53 bits per heavy atom. The van der Waals surface area contributed by atoms with Gasteiger partial charge in [0.2, 0.25) is 0 Å². The molecule has 0 bridgehead atoms. The van der Waals surface area contributed by atoms with Crippen molar-refractivity contribution in [2.45, 2.75) is 0 Å². The topological polar surface area (TPSA) is 90.3 Å². The summed E-state index contributed by atoms with van der Waals surface area (Å²) >= 11 is 3.16. The summed E-state index contributed by atoms with van der Waals surface area (Å²) in [6.45, 7) is 0. The third-order valence-corrected chi connectivity index (χ3v) is 2.64. The number of rotatable bonds is 1. The van der Waals surface area contributed by atoms with Gasteiger partial charge in [-0.25, -0.2) is 9.69 Å². The molecule has 1 heterocycles. The summed E-state index contributed by atoms with van der Waals surface area (Å²) in [6, 6.07) is 5.47. The number of carbonyl (C=O) groups is 3. The number of imide groups is 2. The predicted molar refractivity (Wildman–Crippen MR) is 59.9 cm³/mol. The van der Waals surface area contributed by atoms with Crippen LogP contribution in [0.25, 0.3) is 0 Å². The molecule has 0 aromatic heterocycles. The lowest BCUT2D eigenvalue weighted by molar-refractivity contribution is -0.134. The van der Waals surface area contributed by atoms with E-state index in [0.29, 0.717) is 9.37 Å². The Morgan fingerprint density at radius 1 is 1.29 bits per heavy atom. The second kappa shape index (κ2) is 3.99. The number of hydrogen-bond donors (Lipinski definition) is 1. The first-order valence-corrected chi connectivity index (χ1v) is 5.23. The molecule has 84 valence electrons. The quantitative estimate of drug-likeness (QED) is 0.615. The lowest BCUT2D eigenvalue weighted by Gasteiger charge is -2.13. The molecular formula is C10H4BrN3O3. The van der Waals surface area contributed by atoms with Crippen molar-refractivity contribution in [3.8, 4) is 6.07 Å². The molecule has 1 aliphatic rings. The standard InChI is InChI=1S/C10H4BrN3O3/c11-6-2-1-5(4-12)7(3-6)14-9(16)8(15)13-10(14)17/h1-3H,(H,13,15,17). The number of hydrogen-bond acceptors (Lipinski definition) is 4. The normalized spacial score (nSPS) is 14.8. The molecule has 7 heteroatoms. The van der Waals surface area contributed by atoms with E-state index in [1.54, 1.807) is 6.07 Å². The van der Waals surface area contributed by atoms with Gasteiger partial charge in [0, 0.05) is 4.47 Å². The van der Waals surface area contributed by atoms with Crippen molar-refractivity contribution in [3.63, 3.8) is 0 Å². The average molecular weight is 294 g/mol. The van der Waals surface area contributed by atoms with Gasteiger partial charge >= 0.3 is 17.8 Å². The number of nitrogens with zero attached hydrogens (tertiary/aromatic N) is 2. The van der Waals surface area contributed by atoms with Crippen molar-refractivity contribution in [1.29, 1.82) is 5.26 Å². The minimum Gasteiger partial charge on any atom is -0.269 e. The molecule has 1 saturated heterocycles. The van der Waals surface area contributed by atoms with Gasteiger partial charge in [-0.2, -0.15) is 5.26 Å². The zero-order chi connectivity index (χ0) is 12.6. The van der Waals surface area contributed by atoms with Crippen LogP contribution in [0.2, 0.25) is 0 Å². The second-order valence-corrected chi connectivity index (χ2v) is 4.09. The SMILES string of the molecule is N#Cc1ccc(Br)cc1N1C(=O)NC(=O)C1=O. The Labute approximate surface area is 104 Å².